The number of nitrogens with zero attached hydrogens (tertiary/aromatic N) is 2. The molecule has 2 aliphatic carbocycles. The summed E-state index contributed by atoms with van der Waals surface area (Å²) in [6.07, 6.45) is 14.7. The van der Waals surface area contributed by atoms with E-state index in [1.54, 1.807) is 0 Å². The fraction of sp³-hybridized carbons (Fsp3) is 0.421. The molecule has 0 unspecified atom stereocenters. The van der Waals surface area contributed by atoms with Gasteiger partial charge in [0.1, 0.15) is 11.4 Å². The Morgan fingerprint density at radius 3 is 1.74 bits per heavy atom. The molecular formula is C38H40Cl2N4O2. The summed E-state index contributed by atoms with van der Waals surface area (Å²) in [5, 5.41) is 10.4. The van der Waals surface area contributed by atoms with E-state index in [1.165, 1.54) is 64.7 Å². The Labute approximate surface area is 279 Å². The fourth-order valence-corrected chi connectivity index (χ4v) is 7.91. The predicted octanol–water partition coefficient (Wildman–Crippen LogP) is 8.31. The molecule has 0 aliphatic heterocycles. The van der Waals surface area contributed by atoms with Crippen molar-refractivity contribution in [3.05, 3.63) is 101 Å². The van der Waals surface area contributed by atoms with Crippen LogP contribution in [0.3, 0.4) is 0 Å². The van der Waals surface area contributed by atoms with Gasteiger partial charge in [-0.3, -0.25) is 19.6 Å². The molecule has 0 atom stereocenters. The largest absolute Gasteiger partial charge is 0.380 e. The van der Waals surface area contributed by atoms with Gasteiger partial charge in [0.05, 0.1) is 11.0 Å². The van der Waals surface area contributed by atoms with E-state index in [4.69, 9.17) is 33.2 Å². The average Bonchev–Trinajstić information content (AvgIpc) is 3.07. The first-order valence-corrected chi connectivity index (χ1v) is 17.7. The van der Waals surface area contributed by atoms with Gasteiger partial charge in [0.25, 0.3) is 10.9 Å². The summed E-state index contributed by atoms with van der Waals surface area (Å²) in [6.45, 7) is 1.30. The molecule has 2 heterocycles. The van der Waals surface area contributed by atoms with Crippen LogP contribution in [0.4, 0.5) is 11.4 Å². The Hall–Kier alpha value is -3.48. The molecule has 0 saturated carbocycles. The number of aromatic nitrogens is 2. The normalized spacial score (nSPS) is 14.5. The molecule has 8 heteroatoms. The molecule has 5 aromatic rings. The lowest BCUT2D eigenvalue weighted by Crippen LogP contribution is -2.37. The van der Waals surface area contributed by atoms with E-state index >= 15 is 0 Å². The lowest BCUT2D eigenvalue weighted by atomic mass is 9.88. The molecule has 6 nitrogen and oxygen atoms in total. The highest BCUT2D eigenvalue weighted by Crippen LogP contribution is 2.33. The molecule has 2 aliphatic rings. The molecule has 0 spiro atoms. The van der Waals surface area contributed by atoms with Crippen molar-refractivity contribution in [2.45, 2.75) is 89.9 Å². The molecule has 0 amide bonds. The van der Waals surface area contributed by atoms with Crippen molar-refractivity contribution in [3.63, 3.8) is 0 Å². The van der Waals surface area contributed by atoms with Crippen LogP contribution in [-0.2, 0) is 38.5 Å². The number of benzene rings is 2. The average molecular weight is 656 g/mol. The van der Waals surface area contributed by atoms with Gasteiger partial charge in [0, 0.05) is 45.3 Å². The third kappa shape index (κ3) is 6.26. The lowest BCUT2D eigenvalue weighted by Gasteiger charge is -2.21. The Kier molecular flexibility index (Phi) is 9.28. The van der Waals surface area contributed by atoms with Crippen LogP contribution in [0.25, 0.3) is 21.8 Å². The molecule has 0 bridgehead atoms. The first-order valence-electron chi connectivity index (χ1n) is 17.0. The van der Waals surface area contributed by atoms with E-state index in [1.807, 2.05) is 24.3 Å². The number of pyridine rings is 2. The van der Waals surface area contributed by atoms with Crippen LogP contribution in [0.15, 0.2) is 46.0 Å². The zero-order valence-corrected chi connectivity index (χ0v) is 27.8. The van der Waals surface area contributed by atoms with Crippen molar-refractivity contribution in [1.82, 2.24) is 9.97 Å². The van der Waals surface area contributed by atoms with Crippen LogP contribution in [0, 0.1) is 0 Å². The molecular weight excluding hydrogens is 615 g/mol. The van der Waals surface area contributed by atoms with Crippen molar-refractivity contribution < 1.29 is 0 Å². The van der Waals surface area contributed by atoms with E-state index in [2.05, 4.69) is 22.8 Å². The van der Waals surface area contributed by atoms with Gasteiger partial charge in [0.2, 0.25) is 0 Å². The van der Waals surface area contributed by atoms with Crippen molar-refractivity contribution in [2.24, 2.45) is 0 Å². The summed E-state index contributed by atoms with van der Waals surface area (Å²) < 4.78 is 0. The van der Waals surface area contributed by atoms with Crippen molar-refractivity contribution in [1.29, 1.82) is 0 Å². The summed E-state index contributed by atoms with van der Waals surface area (Å²) in [4.78, 5) is 34.7. The molecule has 46 heavy (non-hydrogen) atoms. The highest BCUT2D eigenvalue weighted by atomic mass is 35.5. The SMILES string of the molecule is O=c1c(NCCCCc2c3c(nc4cc(Cl)ccc24)CCCC3)c(NCCCCc2c3c(nc4ccc(Cl)cc24)CCCC3)c1=O. The second-order valence-electron chi connectivity index (χ2n) is 12.9. The Bertz CT molecular complexity index is 2000. The number of anilines is 2. The highest BCUT2D eigenvalue weighted by molar-refractivity contribution is 6.31. The van der Waals surface area contributed by atoms with Crippen LogP contribution in [0.2, 0.25) is 10.0 Å². The molecule has 2 N–H and O–H groups in total. The molecule has 0 radical (unpaired) electrons. The molecule has 2 aromatic heterocycles. The summed E-state index contributed by atoms with van der Waals surface area (Å²) in [6, 6.07) is 12.0. The topological polar surface area (TPSA) is 84.0 Å². The van der Waals surface area contributed by atoms with Gasteiger partial charge in [0.15, 0.2) is 0 Å². The Morgan fingerprint density at radius 1 is 0.587 bits per heavy atom. The maximum atomic E-state index is 12.4. The Morgan fingerprint density at radius 2 is 1.11 bits per heavy atom. The van der Waals surface area contributed by atoms with Crippen LogP contribution in [-0.4, -0.2) is 23.1 Å². The summed E-state index contributed by atoms with van der Waals surface area (Å²) in [5.74, 6) is 0. The van der Waals surface area contributed by atoms with Crippen LogP contribution in [0.1, 0.15) is 85.0 Å². The van der Waals surface area contributed by atoms with E-state index < -0.39 is 10.9 Å². The van der Waals surface area contributed by atoms with E-state index in [0.717, 1.165) is 90.7 Å². The van der Waals surface area contributed by atoms with Crippen LogP contribution >= 0.6 is 23.2 Å². The second-order valence-corrected chi connectivity index (χ2v) is 13.8. The van der Waals surface area contributed by atoms with E-state index in [-0.39, 0.29) is 0 Å². The zero-order valence-electron chi connectivity index (χ0n) is 26.2. The molecule has 0 saturated heterocycles. The number of nitrogens with one attached hydrogen (secondary N) is 2. The molecule has 7 rings (SSSR count). The van der Waals surface area contributed by atoms with Crippen molar-refractivity contribution >= 4 is 56.4 Å². The quantitative estimate of drug-likeness (QED) is 0.104. The van der Waals surface area contributed by atoms with Crippen molar-refractivity contribution in [3.8, 4) is 0 Å². The number of unbranched alkanes of at least 4 members (excludes halogenated alkanes) is 2. The number of fused-ring (bicyclic) bond motifs is 4. The predicted molar refractivity (Wildman–Crippen MR) is 191 cm³/mol. The van der Waals surface area contributed by atoms with Gasteiger partial charge in [-0.1, -0.05) is 29.3 Å². The van der Waals surface area contributed by atoms with E-state index in [0.29, 0.717) is 24.5 Å². The zero-order chi connectivity index (χ0) is 31.6. The standard InChI is InChI=1S/C38H40Cl2N4O2/c39-23-16-18-33-30(21-23)26(28-12-2-3-13-31(28)43-33)10-6-8-20-42-36-35(37(45)38(36)46)41-19-7-5-9-25-27-11-1-4-14-32(27)44-34-22-24(40)15-17-29(25)34/h15-18,21-22,41-42H,1-14,19-20H2. The molecule has 0 fully saturated rings. The summed E-state index contributed by atoms with van der Waals surface area (Å²) >= 11 is 12.7. The maximum Gasteiger partial charge on any atom is 0.253 e. The molecule has 3 aromatic carbocycles. The minimum atomic E-state index is -0.417. The number of hydrogen-bond donors (Lipinski definition) is 2. The van der Waals surface area contributed by atoms with Gasteiger partial charge >= 0.3 is 0 Å². The smallest absolute Gasteiger partial charge is 0.253 e. The second kappa shape index (κ2) is 13.7. The summed E-state index contributed by atoms with van der Waals surface area (Å²) in [5.41, 5.74) is 10.1. The highest BCUT2D eigenvalue weighted by Gasteiger charge is 2.22. The minimum absolute atomic E-state index is 0.416. The summed E-state index contributed by atoms with van der Waals surface area (Å²) in [7, 11) is 0. The number of aryl methyl sites for hydroxylation is 4. The monoisotopic (exact) mass is 654 g/mol. The van der Waals surface area contributed by atoms with Gasteiger partial charge in [-0.2, -0.15) is 0 Å². The lowest BCUT2D eigenvalue weighted by molar-refractivity contribution is 0.658. The molecule has 238 valence electrons. The van der Waals surface area contributed by atoms with Gasteiger partial charge in [-0.15, -0.1) is 0 Å². The van der Waals surface area contributed by atoms with Crippen molar-refractivity contribution in [2.75, 3.05) is 23.7 Å². The van der Waals surface area contributed by atoms with E-state index in [9.17, 15) is 9.59 Å². The number of hydrogen-bond acceptors (Lipinski definition) is 6. The first-order chi connectivity index (χ1) is 22.5. The third-order valence-electron chi connectivity index (χ3n) is 9.91. The Balaban J connectivity index is 0.925. The number of halogens is 2. The fourth-order valence-electron chi connectivity index (χ4n) is 7.57. The van der Waals surface area contributed by atoms with Crippen LogP contribution in [0.5, 0.6) is 0 Å². The van der Waals surface area contributed by atoms with Gasteiger partial charge < -0.3 is 10.6 Å². The third-order valence-corrected chi connectivity index (χ3v) is 10.4. The minimum Gasteiger partial charge on any atom is -0.380 e. The maximum absolute atomic E-state index is 12.4. The number of rotatable bonds is 12. The first kappa shape index (κ1) is 31.1. The van der Waals surface area contributed by atoms with Gasteiger partial charge in [-0.05, 0) is 142 Å². The van der Waals surface area contributed by atoms with Crippen LogP contribution < -0.4 is 21.5 Å². The van der Waals surface area contributed by atoms with Gasteiger partial charge in [-0.25, -0.2) is 0 Å².